The van der Waals surface area contributed by atoms with Crippen molar-refractivity contribution in [2.24, 2.45) is 0 Å². The third-order valence-corrected chi connectivity index (χ3v) is 3.71. The number of piperidine rings is 1. The molecule has 1 atom stereocenters. The first-order valence-electron chi connectivity index (χ1n) is 6.58. The number of carbonyl (C=O) groups excluding carboxylic acids is 1. The maximum Gasteiger partial charge on any atom is 0.317 e. The van der Waals surface area contributed by atoms with Crippen molar-refractivity contribution in [2.45, 2.75) is 25.3 Å². The largest absolute Gasteiger partial charge is 0.378 e. The van der Waals surface area contributed by atoms with Gasteiger partial charge in [0.25, 0.3) is 0 Å². The molecule has 2 amide bonds. The SMILES string of the molecule is CN1CCCCC1CNC(=O)N1CCOCC1. The standard InChI is InChI=1S/C12H23N3O2/c1-14-5-3-2-4-11(14)10-13-12(16)15-6-8-17-9-7-15/h11H,2-10H2,1H3,(H,13,16). The second kappa shape index (κ2) is 6.21. The zero-order valence-corrected chi connectivity index (χ0v) is 10.7. The van der Waals surface area contributed by atoms with E-state index < -0.39 is 0 Å². The van der Waals surface area contributed by atoms with Crippen LogP contribution in [0.2, 0.25) is 0 Å². The Morgan fingerprint density at radius 1 is 1.29 bits per heavy atom. The highest BCUT2D eigenvalue weighted by Gasteiger charge is 2.21. The first-order valence-corrected chi connectivity index (χ1v) is 6.58. The minimum Gasteiger partial charge on any atom is -0.378 e. The predicted molar refractivity (Wildman–Crippen MR) is 66.1 cm³/mol. The van der Waals surface area contributed by atoms with Crippen molar-refractivity contribution in [3.8, 4) is 0 Å². The number of urea groups is 1. The monoisotopic (exact) mass is 241 g/mol. The Labute approximate surface area is 103 Å². The molecule has 2 rings (SSSR count). The van der Waals surface area contributed by atoms with Crippen molar-refractivity contribution in [1.82, 2.24) is 15.1 Å². The van der Waals surface area contributed by atoms with E-state index in [-0.39, 0.29) is 6.03 Å². The van der Waals surface area contributed by atoms with Gasteiger partial charge >= 0.3 is 6.03 Å². The molecule has 0 aromatic rings. The van der Waals surface area contributed by atoms with Crippen LogP contribution in [0.15, 0.2) is 0 Å². The van der Waals surface area contributed by atoms with Crippen molar-refractivity contribution < 1.29 is 9.53 Å². The van der Waals surface area contributed by atoms with E-state index in [4.69, 9.17) is 4.74 Å². The van der Waals surface area contributed by atoms with Crippen LogP contribution >= 0.6 is 0 Å². The van der Waals surface area contributed by atoms with Gasteiger partial charge in [-0.3, -0.25) is 0 Å². The molecule has 2 aliphatic rings. The van der Waals surface area contributed by atoms with Crippen LogP contribution in [0.4, 0.5) is 4.79 Å². The van der Waals surface area contributed by atoms with E-state index in [1.807, 2.05) is 4.90 Å². The van der Waals surface area contributed by atoms with Crippen LogP contribution in [-0.2, 0) is 4.74 Å². The number of hydrogen-bond donors (Lipinski definition) is 1. The molecule has 1 N–H and O–H groups in total. The summed E-state index contributed by atoms with van der Waals surface area (Å²) in [5, 5.41) is 3.04. The lowest BCUT2D eigenvalue weighted by atomic mass is 10.0. The summed E-state index contributed by atoms with van der Waals surface area (Å²) in [6.45, 7) is 4.68. The Bertz CT molecular complexity index is 254. The van der Waals surface area contributed by atoms with Gasteiger partial charge in [-0.25, -0.2) is 4.79 Å². The quantitative estimate of drug-likeness (QED) is 0.766. The molecule has 5 nitrogen and oxygen atoms in total. The number of nitrogens with zero attached hydrogens (tertiary/aromatic N) is 2. The lowest BCUT2D eigenvalue weighted by Gasteiger charge is -2.33. The highest BCUT2D eigenvalue weighted by atomic mass is 16.5. The fourth-order valence-electron chi connectivity index (χ4n) is 2.49. The van der Waals surface area contributed by atoms with E-state index in [0.717, 1.165) is 13.1 Å². The summed E-state index contributed by atoms with van der Waals surface area (Å²) in [7, 11) is 2.14. The summed E-state index contributed by atoms with van der Waals surface area (Å²) in [4.78, 5) is 16.1. The second-order valence-corrected chi connectivity index (χ2v) is 4.92. The lowest BCUT2D eigenvalue weighted by Crippen LogP contribution is -2.50. The van der Waals surface area contributed by atoms with Crippen molar-refractivity contribution in [1.29, 1.82) is 0 Å². The van der Waals surface area contributed by atoms with Gasteiger partial charge in [0.2, 0.25) is 0 Å². The Hall–Kier alpha value is -0.810. The summed E-state index contributed by atoms with van der Waals surface area (Å²) < 4.78 is 5.23. The highest BCUT2D eigenvalue weighted by molar-refractivity contribution is 5.74. The molecule has 0 aromatic heterocycles. The van der Waals surface area contributed by atoms with Crippen LogP contribution in [0.3, 0.4) is 0 Å². The topological polar surface area (TPSA) is 44.8 Å². The van der Waals surface area contributed by atoms with E-state index >= 15 is 0 Å². The average molecular weight is 241 g/mol. The third kappa shape index (κ3) is 3.57. The molecule has 5 heteroatoms. The van der Waals surface area contributed by atoms with E-state index in [2.05, 4.69) is 17.3 Å². The van der Waals surface area contributed by atoms with Gasteiger partial charge in [-0.1, -0.05) is 6.42 Å². The number of nitrogens with one attached hydrogen (secondary N) is 1. The van der Waals surface area contributed by atoms with Crippen molar-refractivity contribution in [3.05, 3.63) is 0 Å². The number of ether oxygens (including phenoxy) is 1. The van der Waals surface area contributed by atoms with E-state index in [1.165, 1.54) is 19.3 Å². The minimum absolute atomic E-state index is 0.0623. The van der Waals surface area contributed by atoms with Gasteiger partial charge in [0.1, 0.15) is 0 Å². The van der Waals surface area contributed by atoms with Gasteiger partial charge < -0.3 is 19.9 Å². The minimum atomic E-state index is 0.0623. The maximum absolute atomic E-state index is 11.9. The summed E-state index contributed by atoms with van der Waals surface area (Å²) in [5.41, 5.74) is 0. The van der Waals surface area contributed by atoms with Gasteiger partial charge in [-0.15, -0.1) is 0 Å². The van der Waals surface area contributed by atoms with Crippen LogP contribution in [-0.4, -0.2) is 68.3 Å². The molecule has 0 aromatic carbocycles. The number of likely N-dealkylation sites (tertiary alicyclic amines) is 1. The summed E-state index contributed by atoms with van der Waals surface area (Å²) in [5.74, 6) is 0. The zero-order chi connectivity index (χ0) is 12.1. The summed E-state index contributed by atoms with van der Waals surface area (Å²) in [6.07, 6.45) is 3.76. The molecule has 2 aliphatic heterocycles. The van der Waals surface area contributed by atoms with E-state index in [0.29, 0.717) is 32.3 Å². The Balaban J connectivity index is 1.71. The highest BCUT2D eigenvalue weighted by Crippen LogP contribution is 2.14. The van der Waals surface area contributed by atoms with E-state index in [9.17, 15) is 4.79 Å². The van der Waals surface area contributed by atoms with Crippen LogP contribution in [0.5, 0.6) is 0 Å². The molecule has 0 radical (unpaired) electrons. The zero-order valence-electron chi connectivity index (χ0n) is 10.7. The first-order chi connectivity index (χ1) is 8.27. The predicted octanol–water partition coefficient (Wildman–Crippen LogP) is 0.513. The van der Waals surface area contributed by atoms with Gasteiger partial charge in [-0.2, -0.15) is 0 Å². The fourth-order valence-corrected chi connectivity index (χ4v) is 2.49. The van der Waals surface area contributed by atoms with Gasteiger partial charge in [-0.05, 0) is 26.4 Å². The average Bonchev–Trinajstić information content (AvgIpc) is 2.38. The molecule has 0 spiro atoms. The molecule has 0 bridgehead atoms. The Morgan fingerprint density at radius 3 is 2.76 bits per heavy atom. The van der Waals surface area contributed by atoms with Gasteiger partial charge in [0.15, 0.2) is 0 Å². The molecule has 2 fully saturated rings. The normalized spacial score (nSPS) is 26.9. The second-order valence-electron chi connectivity index (χ2n) is 4.92. The van der Waals surface area contributed by atoms with Crippen LogP contribution in [0.1, 0.15) is 19.3 Å². The third-order valence-electron chi connectivity index (χ3n) is 3.71. The molecule has 0 saturated carbocycles. The van der Waals surface area contributed by atoms with Crippen molar-refractivity contribution in [2.75, 3.05) is 46.4 Å². The molecule has 2 saturated heterocycles. The Morgan fingerprint density at radius 2 is 2.06 bits per heavy atom. The number of amides is 2. The van der Waals surface area contributed by atoms with E-state index in [1.54, 1.807) is 0 Å². The fraction of sp³-hybridized carbons (Fsp3) is 0.917. The molecule has 2 heterocycles. The number of hydrogen-bond acceptors (Lipinski definition) is 3. The molecule has 0 aliphatic carbocycles. The van der Waals surface area contributed by atoms with Gasteiger partial charge in [0.05, 0.1) is 13.2 Å². The van der Waals surface area contributed by atoms with Crippen LogP contribution < -0.4 is 5.32 Å². The van der Waals surface area contributed by atoms with Crippen molar-refractivity contribution in [3.63, 3.8) is 0 Å². The van der Waals surface area contributed by atoms with Crippen LogP contribution in [0.25, 0.3) is 0 Å². The maximum atomic E-state index is 11.9. The molecule has 1 unspecified atom stereocenters. The summed E-state index contributed by atoms with van der Waals surface area (Å²) >= 11 is 0. The smallest absolute Gasteiger partial charge is 0.317 e. The molecule has 17 heavy (non-hydrogen) atoms. The molecular weight excluding hydrogens is 218 g/mol. The number of rotatable bonds is 2. The number of likely N-dealkylation sites (N-methyl/N-ethyl adjacent to an activating group) is 1. The lowest BCUT2D eigenvalue weighted by molar-refractivity contribution is 0.0525. The number of morpholine rings is 1. The molecular formula is C12H23N3O2. The molecule has 98 valence electrons. The number of carbonyl (C=O) groups is 1. The summed E-state index contributed by atoms with van der Waals surface area (Å²) in [6, 6.07) is 0.570. The van der Waals surface area contributed by atoms with Crippen molar-refractivity contribution >= 4 is 6.03 Å². The Kier molecular flexibility index (Phi) is 4.62. The first kappa shape index (κ1) is 12.6. The van der Waals surface area contributed by atoms with Gasteiger partial charge in [0, 0.05) is 25.7 Å². The van der Waals surface area contributed by atoms with Crippen LogP contribution in [0, 0.1) is 0 Å².